The molecule has 2 aromatic carbocycles. The number of para-hydroxylation sites is 1. The Balaban J connectivity index is 1.80. The lowest BCUT2D eigenvalue weighted by Gasteiger charge is -2.03. The molecule has 0 spiro atoms. The number of aromatic hydroxyl groups is 1. The van der Waals surface area contributed by atoms with Crippen molar-refractivity contribution in [2.24, 2.45) is 0 Å². The highest BCUT2D eigenvalue weighted by Gasteiger charge is 2.00. The minimum Gasteiger partial charge on any atom is -0.508 e. The van der Waals surface area contributed by atoms with Crippen LogP contribution < -0.4 is 5.32 Å². The molecule has 0 saturated heterocycles. The maximum Gasteiger partial charge on any atom is 0.115 e. The van der Waals surface area contributed by atoms with E-state index in [0.29, 0.717) is 0 Å². The van der Waals surface area contributed by atoms with E-state index >= 15 is 0 Å². The number of hydrogen-bond donors (Lipinski definition) is 2. The Kier molecular flexibility index (Phi) is 2.90. The summed E-state index contributed by atoms with van der Waals surface area (Å²) in [6.07, 6.45) is 3.68. The van der Waals surface area contributed by atoms with Crippen molar-refractivity contribution in [3.63, 3.8) is 0 Å². The molecule has 1 heterocycles. The molecule has 0 amide bonds. The van der Waals surface area contributed by atoms with E-state index in [9.17, 15) is 5.11 Å². The lowest BCUT2D eigenvalue weighted by atomic mass is 10.3. The Hall–Kier alpha value is -2.75. The first kappa shape index (κ1) is 11.3. The molecule has 0 atom stereocenters. The Labute approximate surface area is 110 Å². The Morgan fingerprint density at radius 2 is 1.63 bits per heavy atom. The number of aromatic nitrogens is 2. The molecule has 94 valence electrons. The van der Waals surface area contributed by atoms with Crippen molar-refractivity contribution in [2.75, 3.05) is 5.32 Å². The van der Waals surface area contributed by atoms with Crippen LogP contribution in [0.3, 0.4) is 0 Å². The van der Waals surface area contributed by atoms with Crippen molar-refractivity contribution in [3.8, 4) is 11.4 Å². The van der Waals surface area contributed by atoms with Gasteiger partial charge in [-0.3, -0.25) is 0 Å². The molecule has 0 unspecified atom stereocenters. The Morgan fingerprint density at radius 3 is 2.37 bits per heavy atom. The molecule has 0 bridgehead atoms. The van der Waals surface area contributed by atoms with Crippen molar-refractivity contribution in [3.05, 3.63) is 67.0 Å². The number of nitrogens with zero attached hydrogens (tertiary/aromatic N) is 2. The topological polar surface area (TPSA) is 50.1 Å². The maximum atomic E-state index is 9.23. The molecule has 0 saturated carbocycles. The molecule has 3 aromatic rings. The number of nitrogens with one attached hydrogen (secondary N) is 1. The van der Waals surface area contributed by atoms with Crippen LogP contribution in [0.4, 0.5) is 11.4 Å². The van der Waals surface area contributed by atoms with Crippen LogP contribution in [0.5, 0.6) is 5.75 Å². The van der Waals surface area contributed by atoms with Gasteiger partial charge in [0, 0.05) is 5.69 Å². The van der Waals surface area contributed by atoms with Gasteiger partial charge in [-0.2, -0.15) is 5.10 Å². The normalized spacial score (nSPS) is 10.3. The second kappa shape index (κ2) is 4.86. The van der Waals surface area contributed by atoms with E-state index < -0.39 is 0 Å². The summed E-state index contributed by atoms with van der Waals surface area (Å²) >= 11 is 0. The second-order valence-electron chi connectivity index (χ2n) is 4.18. The van der Waals surface area contributed by atoms with Crippen LogP contribution in [0.25, 0.3) is 5.69 Å². The third kappa shape index (κ3) is 2.57. The summed E-state index contributed by atoms with van der Waals surface area (Å²) in [7, 11) is 0. The van der Waals surface area contributed by atoms with Gasteiger partial charge in [0.2, 0.25) is 0 Å². The van der Waals surface area contributed by atoms with E-state index in [1.165, 1.54) is 0 Å². The summed E-state index contributed by atoms with van der Waals surface area (Å²) in [4.78, 5) is 0. The van der Waals surface area contributed by atoms with Crippen LogP contribution in [0.1, 0.15) is 0 Å². The van der Waals surface area contributed by atoms with Crippen molar-refractivity contribution < 1.29 is 5.11 Å². The average Bonchev–Trinajstić information content (AvgIpc) is 2.91. The molecule has 19 heavy (non-hydrogen) atoms. The highest BCUT2D eigenvalue weighted by molar-refractivity contribution is 5.59. The van der Waals surface area contributed by atoms with Gasteiger partial charge >= 0.3 is 0 Å². The monoisotopic (exact) mass is 251 g/mol. The van der Waals surface area contributed by atoms with Crippen LogP contribution >= 0.6 is 0 Å². The van der Waals surface area contributed by atoms with Gasteiger partial charge in [-0.15, -0.1) is 0 Å². The summed E-state index contributed by atoms with van der Waals surface area (Å²) in [6, 6.07) is 16.8. The van der Waals surface area contributed by atoms with Crippen molar-refractivity contribution in [1.29, 1.82) is 0 Å². The van der Waals surface area contributed by atoms with Gasteiger partial charge in [0.05, 0.1) is 23.8 Å². The average molecular weight is 251 g/mol. The van der Waals surface area contributed by atoms with Gasteiger partial charge in [0.25, 0.3) is 0 Å². The summed E-state index contributed by atoms with van der Waals surface area (Å²) in [5.41, 5.74) is 2.82. The zero-order chi connectivity index (χ0) is 13.1. The molecule has 4 nitrogen and oxygen atoms in total. The van der Waals surface area contributed by atoms with E-state index in [0.717, 1.165) is 17.1 Å². The number of rotatable bonds is 3. The highest BCUT2D eigenvalue weighted by atomic mass is 16.3. The number of hydrogen-bond acceptors (Lipinski definition) is 3. The van der Waals surface area contributed by atoms with Gasteiger partial charge in [0.1, 0.15) is 5.75 Å². The van der Waals surface area contributed by atoms with E-state index in [2.05, 4.69) is 10.4 Å². The summed E-state index contributed by atoms with van der Waals surface area (Å²) in [5.74, 6) is 0.255. The van der Waals surface area contributed by atoms with Crippen LogP contribution in [0.15, 0.2) is 67.0 Å². The van der Waals surface area contributed by atoms with Crippen molar-refractivity contribution in [2.45, 2.75) is 0 Å². The standard InChI is InChI=1S/C15H13N3O/c19-15-8-6-12(7-9-15)17-13-10-16-18(11-13)14-4-2-1-3-5-14/h1-11,17,19H. The van der Waals surface area contributed by atoms with Crippen LogP contribution in [0, 0.1) is 0 Å². The van der Waals surface area contributed by atoms with E-state index in [-0.39, 0.29) is 5.75 Å². The van der Waals surface area contributed by atoms with Crippen molar-refractivity contribution in [1.82, 2.24) is 9.78 Å². The SMILES string of the molecule is Oc1ccc(Nc2cnn(-c3ccccc3)c2)cc1. The number of phenols is 1. The van der Waals surface area contributed by atoms with Gasteiger partial charge < -0.3 is 10.4 Å². The Morgan fingerprint density at radius 1 is 0.895 bits per heavy atom. The van der Waals surface area contributed by atoms with Gasteiger partial charge in [-0.05, 0) is 36.4 Å². The van der Waals surface area contributed by atoms with Crippen LogP contribution in [-0.2, 0) is 0 Å². The fraction of sp³-hybridized carbons (Fsp3) is 0. The largest absolute Gasteiger partial charge is 0.508 e. The second-order valence-corrected chi connectivity index (χ2v) is 4.18. The smallest absolute Gasteiger partial charge is 0.115 e. The zero-order valence-electron chi connectivity index (χ0n) is 10.2. The molecule has 0 aliphatic heterocycles. The molecule has 0 radical (unpaired) electrons. The lowest BCUT2D eigenvalue weighted by Crippen LogP contribution is -1.93. The lowest BCUT2D eigenvalue weighted by molar-refractivity contribution is 0.475. The molecule has 2 N–H and O–H groups in total. The van der Waals surface area contributed by atoms with Gasteiger partial charge in [0.15, 0.2) is 0 Å². The highest BCUT2D eigenvalue weighted by Crippen LogP contribution is 2.19. The van der Waals surface area contributed by atoms with E-state index in [1.54, 1.807) is 18.3 Å². The fourth-order valence-electron chi connectivity index (χ4n) is 1.82. The molecule has 0 aliphatic rings. The number of benzene rings is 2. The zero-order valence-corrected chi connectivity index (χ0v) is 10.2. The minimum atomic E-state index is 0.255. The quantitative estimate of drug-likeness (QED) is 0.702. The third-order valence-electron chi connectivity index (χ3n) is 2.76. The van der Waals surface area contributed by atoms with Gasteiger partial charge in [-0.25, -0.2) is 4.68 Å². The first-order valence-corrected chi connectivity index (χ1v) is 5.97. The first-order chi connectivity index (χ1) is 9.31. The molecule has 1 aromatic heterocycles. The summed E-state index contributed by atoms with van der Waals surface area (Å²) in [5, 5.41) is 16.8. The third-order valence-corrected chi connectivity index (χ3v) is 2.76. The minimum absolute atomic E-state index is 0.255. The molecular formula is C15H13N3O. The molecule has 3 rings (SSSR count). The van der Waals surface area contributed by atoms with E-state index in [1.807, 2.05) is 53.3 Å². The fourth-order valence-corrected chi connectivity index (χ4v) is 1.82. The van der Waals surface area contributed by atoms with Crippen molar-refractivity contribution >= 4 is 11.4 Å². The van der Waals surface area contributed by atoms with E-state index in [4.69, 9.17) is 0 Å². The molecular weight excluding hydrogens is 238 g/mol. The maximum absolute atomic E-state index is 9.23. The molecule has 0 fully saturated rings. The molecule has 0 aliphatic carbocycles. The van der Waals surface area contributed by atoms with Crippen LogP contribution in [-0.4, -0.2) is 14.9 Å². The first-order valence-electron chi connectivity index (χ1n) is 5.97. The predicted octanol–water partition coefficient (Wildman–Crippen LogP) is 3.32. The van der Waals surface area contributed by atoms with Gasteiger partial charge in [-0.1, -0.05) is 18.2 Å². The predicted molar refractivity (Wildman–Crippen MR) is 75.0 cm³/mol. The van der Waals surface area contributed by atoms with Crippen LogP contribution in [0.2, 0.25) is 0 Å². The number of phenolic OH excluding ortho intramolecular Hbond substituents is 1. The summed E-state index contributed by atoms with van der Waals surface area (Å²) in [6.45, 7) is 0. The summed E-state index contributed by atoms with van der Waals surface area (Å²) < 4.78 is 1.81. The molecule has 4 heteroatoms. The number of anilines is 2. The Bertz CT molecular complexity index is 659.